The first-order chi connectivity index (χ1) is 6.31. The van der Waals surface area contributed by atoms with Crippen molar-refractivity contribution in [3.63, 3.8) is 0 Å². The summed E-state index contributed by atoms with van der Waals surface area (Å²) in [6.45, 7) is 3.68. The third-order valence-electron chi connectivity index (χ3n) is 1.94. The molecule has 1 aromatic rings. The molecular formula is C8H11N3O2. The van der Waals surface area contributed by atoms with Gasteiger partial charge in [0.1, 0.15) is 0 Å². The van der Waals surface area contributed by atoms with Gasteiger partial charge < -0.3 is 10.1 Å². The molecule has 13 heavy (non-hydrogen) atoms. The lowest BCUT2D eigenvalue weighted by Crippen LogP contribution is -2.15. The Morgan fingerprint density at radius 1 is 1.77 bits per heavy atom. The fourth-order valence-corrected chi connectivity index (χ4v) is 1.34. The molecule has 70 valence electrons. The van der Waals surface area contributed by atoms with E-state index in [2.05, 4.69) is 10.4 Å². The van der Waals surface area contributed by atoms with Crippen molar-refractivity contribution in [3.05, 3.63) is 17.5 Å². The zero-order valence-corrected chi connectivity index (χ0v) is 7.41. The van der Waals surface area contributed by atoms with Crippen LogP contribution in [-0.2, 0) is 17.8 Å². The molecule has 0 saturated heterocycles. The fraction of sp³-hybridized carbons (Fsp3) is 0.500. The highest BCUT2D eigenvalue weighted by Gasteiger charge is 2.17. The summed E-state index contributed by atoms with van der Waals surface area (Å²) in [6.07, 6.45) is 1.31. The number of hydrogen-bond donors (Lipinski definition) is 1. The maximum Gasteiger partial charge on any atom is 0.434 e. The molecule has 0 spiro atoms. The fourth-order valence-electron chi connectivity index (χ4n) is 1.34. The number of nitrogens with zero attached hydrogens (tertiary/aromatic N) is 2. The molecular weight excluding hydrogens is 170 g/mol. The number of aromatic nitrogens is 2. The second kappa shape index (κ2) is 3.18. The van der Waals surface area contributed by atoms with Crippen LogP contribution < -0.4 is 5.32 Å². The first kappa shape index (κ1) is 8.25. The zero-order chi connectivity index (χ0) is 9.26. The predicted octanol–water partition coefficient (Wildman–Crippen LogP) is 0.491. The molecule has 0 fully saturated rings. The van der Waals surface area contributed by atoms with E-state index in [0.29, 0.717) is 6.61 Å². The highest BCUT2D eigenvalue weighted by Crippen LogP contribution is 2.12. The summed E-state index contributed by atoms with van der Waals surface area (Å²) in [6, 6.07) is 0. The average molecular weight is 181 g/mol. The Kier molecular flexibility index (Phi) is 2.02. The van der Waals surface area contributed by atoms with Crippen LogP contribution in [0.2, 0.25) is 0 Å². The molecule has 0 aromatic carbocycles. The van der Waals surface area contributed by atoms with Crippen molar-refractivity contribution >= 4 is 6.09 Å². The number of fused-ring (bicyclic) bond motifs is 1. The Labute approximate surface area is 75.7 Å². The molecule has 2 heterocycles. The van der Waals surface area contributed by atoms with Gasteiger partial charge in [-0.25, -0.2) is 4.79 Å². The standard InChI is InChI=1S/C8H11N3O2/c1-2-13-8(12)11-5-6-3-9-4-7(6)10-11/h5,9H,2-4H2,1H3. The Bertz CT molecular complexity index is 311. The highest BCUT2D eigenvalue weighted by molar-refractivity contribution is 5.69. The molecule has 1 aliphatic heterocycles. The Morgan fingerprint density at radius 2 is 2.62 bits per heavy atom. The van der Waals surface area contributed by atoms with Crippen molar-refractivity contribution in [3.8, 4) is 0 Å². The van der Waals surface area contributed by atoms with Gasteiger partial charge in [0.15, 0.2) is 0 Å². The summed E-state index contributed by atoms with van der Waals surface area (Å²) in [5.74, 6) is 0. The van der Waals surface area contributed by atoms with Gasteiger partial charge in [0.2, 0.25) is 0 Å². The predicted molar refractivity (Wildman–Crippen MR) is 45.2 cm³/mol. The third-order valence-corrected chi connectivity index (χ3v) is 1.94. The van der Waals surface area contributed by atoms with Crippen LogP contribution in [0.1, 0.15) is 18.2 Å². The van der Waals surface area contributed by atoms with Gasteiger partial charge in [0.05, 0.1) is 12.3 Å². The van der Waals surface area contributed by atoms with Gasteiger partial charge in [-0.2, -0.15) is 9.78 Å². The topological polar surface area (TPSA) is 56.2 Å². The van der Waals surface area contributed by atoms with Gasteiger partial charge in [-0.3, -0.25) is 0 Å². The molecule has 1 aliphatic rings. The summed E-state index contributed by atoms with van der Waals surface area (Å²) >= 11 is 0. The lowest BCUT2D eigenvalue weighted by molar-refractivity contribution is 0.150. The van der Waals surface area contributed by atoms with Crippen molar-refractivity contribution < 1.29 is 9.53 Å². The number of nitrogens with one attached hydrogen (secondary N) is 1. The van der Waals surface area contributed by atoms with Crippen LogP contribution in [0.5, 0.6) is 0 Å². The van der Waals surface area contributed by atoms with Crippen LogP contribution in [0.3, 0.4) is 0 Å². The molecule has 0 aliphatic carbocycles. The van der Waals surface area contributed by atoms with Gasteiger partial charge >= 0.3 is 6.09 Å². The molecule has 0 radical (unpaired) electrons. The summed E-state index contributed by atoms with van der Waals surface area (Å²) in [5.41, 5.74) is 2.01. The SMILES string of the molecule is CCOC(=O)n1cc2c(n1)CNC2. The lowest BCUT2D eigenvalue weighted by Gasteiger charge is -1.99. The number of carbonyl (C=O) groups excluding carboxylic acids is 1. The van der Waals surface area contributed by atoms with Gasteiger partial charge in [-0.05, 0) is 6.92 Å². The van der Waals surface area contributed by atoms with Crippen molar-refractivity contribution in [2.75, 3.05) is 6.61 Å². The molecule has 0 unspecified atom stereocenters. The number of hydrogen-bond acceptors (Lipinski definition) is 4. The van der Waals surface area contributed by atoms with Crippen LogP contribution in [0.15, 0.2) is 6.20 Å². The van der Waals surface area contributed by atoms with E-state index < -0.39 is 6.09 Å². The van der Waals surface area contributed by atoms with Crippen molar-refractivity contribution in [2.24, 2.45) is 0 Å². The van der Waals surface area contributed by atoms with Crippen molar-refractivity contribution in [1.29, 1.82) is 0 Å². The molecule has 0 bridgehead atoms. The van der Waals surface area contributed by atoms with E-state index in [1.165, 1.54) is 4.68 Å². The average Bonchev–Trinajstić information content (AvgIpc) is 2.61. The summed E-state index contributed by atoms with van der Waals surface area (Å²) < 4.78 is 6.06. The minimum atomic E-state index is -0.406. The van der Waals surface area contributed by atoms with E-state index in [9.17, 15) is 4.79 Å². The lowest BCUT2D eigenvalue weighted by atomic mass is 10.3. The van der Waals surface area contributed by atoms with Crippen molar-refractivity contribution in [2.45, 2.75) is 20.0 Å². The monoisotopic (exact) mass is 181 g/mol. The first-order valence-electron chi connectivity index (χ1n) is 4.26. The summed E-state index contributed by atoms with van der Waals surface area (Å²) in [4.78, 5) is 11.2. The second-order valence-corrected chi connectivity index (χ2v) is 2.85. The maximum absolute atomic E-state index is 11.2. The Balaban J connectivity index is 2.18. The highest BCUT2D eigenvalue weighted by atomic mass is 16.5. The van der Waals surface area contributed by atoms with Gasteiger partial charge in [-0.1, -0.05) is 0 Å². The minimum absolute atomic E-state index is 0.377. The van der Waals surface area contributed by atoms with E-state index in [-0.39, 0.29) is 0 Å². The molecule has 5 heteroatoms. The third kappa shape index (κ3) is 1.42. The zero-order valence-electron chi connectivity index (χ0n) is 7.41. The quantitative estimate of drug-likeness (QED) is 0.685. The first-order valence-corrected chi connectivity index (χ1v) is 4.26. The van der Waals surface area contributed by atoms with Gasteiger partial charge in [-0.15, -0.1) is 0 Å². The normalized spacial score (nSPS) is 14.2. The maximum atomic E-state index is 11.2. The van der Waals surface area contributed by atoms with E-state index in [0.717, 1.165) is 24.3 Å². The minimum Gasteiger partial charge on any atom is -0.448 e. The largest absolute Gasteiger partial charge is 0.448 e. The van der Waals surface area contributed by atoms with Crippen LogP contribution in [0.25, 0.3) is 0 Å². The molecule has 2 rings (SSSR count). The summed E-state index contributed by atoms with van der Waals surface area (Å²) in [7, 11) is 0. The summed E-state index contributed by atoms with van der Waals surface area (Å²) in [5, 5.41) is 7.23. The smallest absolute Gasteiger partial charge is 0.434 e. The number of rotatable bonds is 1. The second-order valence-electron chi connectivity index (χ2n) is 2.85. The van der Waals surface area contributed by atoms with Crippen LogP contribution in [-0.4, -0.2) is 22.5 Å². The van der Waals surface area contributed by atoms with Gasteiger partial charge in [0.25, 0.3) is 0 Å². The molecule has 1 aromatic heterocycles. The molecule has 0 saturated carbocycles. The van der Waals surface area contributed by atoms with Gasteiger partial charge in [0, 0.05) is 24.8 Å². The number of ether oxygens (including phenoxy) is 1. The van der Waals surface area contributed by atoms with Crippen LogP contribution in [0.4, 0.5) is 4.79 Å². The number of carbonyl (C=O) groups is 1. The van der Waals surface area contributed by atoms with E-state index in [1.54, 1.807) is 13.1 Å². The Hall–Kier alpha value is -1.36. The van der Waals surface area contributed by atoms with E-state index >= 15 is 0 Å². The van der Waals surface area contributed by atoms with E-state index in [4.69, 9.17) is 4.74 Å². The van der Waals surface area contributed by atoms with Crippen LogP contribution in [0, 0.1) is 0 Å². The van der Waals surface area contributed by atoms with Crippen molar-refractivity contribution in [1.82, 2.24) is 15.1 Å². The molecule has 0 amide bonds. The molecule has 5 nitrogen and oxygen atoms in total. The molecule has 0 atom stereocenters. The van der Waals surface area contributed by atoms with E-state index in [1.807, 2.05) is 0 Å². The molecule has 1 N–H and O–H groups in total. The Morgan fingerprint density at radius 3 is 3.31 bits per heavy atom. The van der Waals surface area contributed by atoms with Crippen LogP contribution >= 0.6 is 0 Å².